The van der Waals surface area contributed by atoms with Crippen molar-refractivity contribution in [1.82, 2.24) is 15.3 Å². The fourth-order valence-electron chi connectivity index (χ4n) is 2.51. The van der Waals surface area contributed by atoms with Crippen molar-refractivity contribution in [2.24, 2.45) is 0 Å². The van der Waals surface area contributed by atoms with Gasteiger partial charge in [0, 0.05) is 29.0 Å². The quantitative estimate of drug-likeness (QED) is 0.394. The first-order valence-electron chi connectivity index (χ1n) is 9.37. The minimum Gasteiger partial charge on any atom is -0.494 e. The number of carbonyl (C=O) groups is 1. The van der Waals surface area contributed by atoms with Crippen LogP contribution in [-0.2, 0) is 0 Å². The maximum atomic E-state index is 12.4. The second-order valence-electron chi connectivity index (χ2n) is 6.27. The predicted molar refractivity (Wildman–Crippen MR) is 120 cm³/mol. The highest BCUT2D eigenvalue weighted by Crippen LogP contribution is 2.22. The number of hydrogen-bond acceptors (Lipinski definition) is 6. The Labute approximate surface area is 179 Å². The number of ether oxygens (including phenoxy) is 1. The zero-order chi connectivity index (χ0) is 20.5. The smallest absolute Gasteiger partial charge is 0.276 e. The van der Waals surface area contributed by atoms with Crippen molar-refractivity contribution in [3.05, 3.63) is 59.9 Å². The van der Waals surface area contributed by atoms with Gasteiger partial charge in [0.25, 0.3) is 5.91 Å². The lowest BCUT2D eigenvalue weighted by Crippen LogP contribution is -2.34. The number of amides is 1. The van der Waals surface area contributed by atoms with E-state index in [-0.39, 0.29) is 11.0 Å². The first kappa shape index (κ1) is 20.9. The molecule has 150 valence electrons. The number of carbonyl (C=O) groups excluding carboxylic acids is 1. The summed E-state index contributed by atoms with van der Waals surface area (Å²) in [4.78, 5) is 20.8. The monoisotopic (exact) mass is 426 g/mol. The van der Waals surface area contributed by atoms with E-state index in [0.29, 0.717) is 12.3 Å². The van der Waals surface area contributed by atoms with Crippen LogP contribution in [0.15, 0.2) is 54.2 Å². The maximum absolute atomic E-state index is 12.4. The molecule has 2 aromatic heterocycles. The Hall–Kier alpha value is -2.84. The molecule has 0 radical (unpaired) electrons. The lowest BCUT2D eigenvalue weighted by molar-refractivity contribution is 0.0973. The van der Waals surface area contributed by atoms with Gasteiger partial charge in [-0.2, -0.15) is 0 Å². The predicted octanol–water partition coefficient (Wildman–Crippen LogP) is 4.90. The second kappa shape index (κ2) is 10.6. The molecule has 8 heteroatoms. The fraction of sp³-hybridized carbons (Fsp3) is 0.238. The molecule has 2 N–H and O–H groups in total. The molecular weight excluding hydrogens is 404 g/mol. The third-order valence-corrected chi connectivity index (χ3v) is 5.10. The molecule has 0 bridgehead atoms. The molecule has 6 nitrogen and oxygen atoms in total. The zero-order valence-electron chi connectivity index (χ0n) is 16.1. The number of anilines is 1. The molecule has 29 heavy (non-hydrogen) atoms. The minimum absolute atomic E-state index is 0.211. The summed E-state index contributed by atoms with van der Waals surface area (Å²) in [6.45, 7) is 2.88. The first-order valence-corrected chi connectivity index (χ1v) is 10.7. The molecule has 0 saturated heterocycles. The Morgan fingerprint density at radius 1 is 1.21 bits per heavy atom. The SMILES string of the molecule is CCCCCOc1ccc(NC(=S)NC(=O)c2csc(-c3cccnc3)n2)cc1. The van der Waals surface area contributed by atoms with Gasteiger partial charge in [-0.15, -0.1) is 11.3 Å². The van der Waals surface area contributed by atoms with Crippen LogP contribution < -0.4 is 15.4 Å². The number of nitrogens with zero attached hydrogens (tertiary/aromatic N) is 2. The summed E-state index contributed by atoms with van der Waals surface area (Å²) in [5.41, 5.74) is 1.95. The summed E-state index contributed by atoms with van der Waals surface area (Å²) in [5.74, 6) is 0.455. The number of benzene rings is 1. The largest absolute Gasteiger partial charge is 0.494 e. The summed E-state index contributed by atoms with van der Waals surface area (Å²) in [6, 6.07) is 11.2. The molecule has 0 unspecified atom stereocenters. The molecular formula is C21H22N4O2S2. The van der Waals surface area contributed by atoms with Crippen LogP contribution in [-0.4, -0.2) is 27.6 Å². The topological polar surface area (TPSA) is 76.1 Å². The van der Waals surface area contributed by atoms with Crippen LogP contribution in [0.3, 0.4) is 0 Å². The fourth-order valence-corrected chi connectivity index (χ4v) is 3.51. The Morgan fingerprint density at radius 2 is 2.03 bits per heavy atom. The Morgan fingerprint density at radius 3 is 2.76 bits per heavy atom. The van der Waals surface area contributed by atoms with Crippen LogP contribution in [0.4, 0.5) is 5.69 Å². The van der Waals surface area contributed by atoms with Crippen molar-refractivity contribution in [3.8, 4) is 16.3 Å². The first-order chi connectivity index (χ1) is 14.2. The summed E-state index contributed by atoms with van der Waals surface area (Å²) in [5, 5.41) is 8.29. The molecule has 3 aromatic rings. The molecule has 0 aliphatic rings. The van der Waals surface area contributed by atoms with Gasteiger partial charge in [-0.3, -0.25) is 15.1 Å². The summed E-state index contributed by atoms with van der Waals surface area (Å²) in [6.07, 6.45) is 6.78. The van der Waals surface area contributed by atoms with E-state index in [1.165, 1.54) is 17.8 Å². The van der Waals surface area contributed by atoms with Crippen LogP contribution in [0.1, 0.15) is 36.7 Å². The van der Waals surface area contributed by atoms with Crippen molar-refractivity contribution < 1.29 is 9.53 Å². The number of rotatable bonds is 8. The number of unbranched alkanes of at least 4 members (excludes halogenated alkanes) is 2. The normalized spacial score (nSPS) is 10.4. The van der Waals surface area contributed by atoms with E-state index in [9.17, 15) is 4.79 Å². The van der Waals surface area contributed by atoms with Gasteiger partial charge < -0.3 is 10.1 Å². The summed E-state index contributed by atoms with van der Waals surface area (Å²) in [7, 11) is 0. The highest BCUT2D eigenvalue weighted by Gasteiger charge is 2.13. The van der Waals surface area contributed by atoms with Gasteiger partial charge in [-0.25, -0.2) is 4.98 Å². The lowest BCUT2D eigenvalue weighted by atomic mass is 10.2. The second-order valence-corrected chi connectivity index (χ2v) is 7.53. The average molecular weight is 427 g/mol. The van der Waals surface area contributed by atoms with Crippen molar-refractivity contribution in [3.63, 3.8) is 0 Å². The zero-order valence-corrected chi connectivity index (χ0v) is 17.7. The molecule has 1 aromatic carbocycles. The van der Waals surface area contributed by atoms with Crippen LogP contribution in [0.25, 0.3) is 10.6 Å². The van der Waals surface area contributed by atoms with Gasteiger partial charge in [0.15, 0.2) is 5.11 Å². The van der Waals surface area contributed by atoms with Gasteiger partial charge in [0.05, 0.1) is 6.61 Å². The Bertz CT molecular complexity index is 943. The number of thiazole rings is 1. The van der Waals surface area contributed by atoms with Crippen molar-refractivity contribution in [2.75, 3.05) is 11.9 Å². The molecule has 0 aliphatic heterocycles. The van der Waals surface area contributed by atoms with E-state index in [1.807, 2.05) is 36.4 Å². The van der Waals surface area contributed by atoms with Gasteiger partial charge in [0.2, 0.25) is 0 Å². The Kier molecular flexibility index (Phi) is 7.66. The van der Waals surface area contributed by atoms with E-state index in [2.05, 4.69) is 27.5 Å². The molecule has 0 atom stereocenters. The third kappa shape index (κ3) is 6.33. The highest BCUT2D eigenvalue weighted by molar-refractivity contribution is 7.80. The van der Waals surface area contributed by atoms with E-state index in [1.54, 1.807) is 17.8 Å². The standard InChI is InChI=1S/C21H22N4O2S2/c1-2-3-4-12-27-17-9-7-16(8-10-17)23-21(28)25-19(26)18-14-29-20(24-18)15-6-5-11-22-13-15/h5-11,13-14H,2-4,12H2,1H3,(H2,23,25,26,28). The lowest BCUT2D eigenvalue weighted by Gasteiger charge is -2.10. The average Bonchev–Trinajstić information content (AvgIpc) is 3.23. The van der Waals surface area contributed by atoms with E-state index >= 15 is 0 Å². The Balaban J connectivity index is 1.50. The molecule has 1 amide bonds. The molecule has 0 saturated carbocycles. The van der Waals surface area contributed by atoms with Crippen LogP contribution in [0.2, 0.25) is 0 Å². The molecule has 2 heterocycles. The van der Waals surface area contributed by atoms with E-state index in [4.69, 9.17) is 17.0 Å². The van der Waals surface area contributed by atoms with E-state index < -0.39 is 0 Å². The van der Waals surface area contributed by atoms with Crippen molar-refractivity contribution in [2.45, 2.75) is 26.2 Å². The maximum Gasteiger partial charge on any atom is 0.276 e. The van der Waals surface area contributed by atoms with Crippen LogP contribution in [0.5, 0.6) is 5.75 Å². The van der Waals surface area contributed by atoms with Gasteiger partial charge in [0.1, 0.15) is 16.5 Å². The molecule has 3 rings (SSSR count). The van der Waals surface area contributed by atoms with Crippen molar-refractivity contribution in [1.29, 1.82) is 0 Å². The third-order valence-electron chi connectivity index (χ3n) is 4.00. The van der Waals surface area contributed by atoms with E-state index in [0.717, 1.165) is 34.8 Å². The number of hydrogen-bond donors (Lipinski definition) is 2. The number of thiocarbonyl (C=S) groups is 1. The summed E-state index contributed by atoms with van der Waals surface area (Å²) < 4.78 is 5.69. The number of nitrogens with one attached hydrogen (secondary N) is 2. The van der Waals surface area contributed by atoms with Gasteiger partial charge >= 0.3 is 0 Å². The van der Waals surface area contributed by atoms with Crippen LogP contribution in [0, 0.1) is 0 Å². The minimum atomic E-state index is -0.357. The van der Waals surface area contributed by atoms with Crippen molar-refractivity contribution >= 4 is 40.3 Å². The molecule has 0 spiro atoms. The molecule has 0 aliphatic carbocycles. The highest BCUT2D eigenvalue weighted by atomic mass is 32.1. The number of pyridine rings is 1. The molecule has 0 fully saturated rings. The van der Waals surface area contributed by atoms with Crippen LogP contribution >= 0.6 is 23.6 Å². The summed E-state index contributed by atoms with van der Waals surface area (Å²) >= 11 is 6.62. The van der Waals surface area contributed by atoms with Gasteiger partial charge in [-0.05, 0) is 55.0 Å². The van der Waals surface area contributed by atoms with Gasteiger partial charge in [-0.1, -0.05) is 19.8 Å². The number of aromatic nitrogens is 2.